The lowest BCUT2D eigenvalue weighted by Gasteiger charge is -2.18. The third kappa shape index (κ3) is 4.43. The molecule has 0 amide bonds. The Morgan fingerprint density at radius 1 is 1.36 bits per heavy atom. The van der Waals surface area contributed by atoms with Crippen LogP contribution in [0.1, 0.15) is 31.1 Å². The predicted octanol–water partition coefficient (Wildman–Crippen LogP) is 2.07. The number of nitrogens with one attached hydrogen (secondary N) is 2. The first-order chi connectivity index (χ1) is 12.3. The van der Waals surface area contributed by atoms with Crippen LogP contribution in [0.3, 0.4) is 0 Å². The highest BCUT2D eigenvalue weighted by Crippen LogP contribution is 2.16. The number of nitrogens with zero attached hydrogens (tertiary/aromatic N) is 5. The van der Waals surface area contributed by atoms with Crippen LogP contribution in [-0.2, 0) is 6.54 Å². The van der Waals surface area contributed by atoms with Crippen LogP contribution in [0.4, 0.5) is 0 Å². The van der Waals surface area contributed by atoms with Gasteiger partial charge in [-0.25, -0.2) is 14.7 Å². The molecule has 0 aliphatic carbocycles. The molecule has 2 heterocycles. The molecule has 1 aromatic carbocycles. The molecule has 2 aromatic heterocycles. The van der Waals surface area contributed by atoms with Crippen LogP contribution in [0.5, 0.6) is 0 Å². The van der Waals surface area contributed by atoms with Crippen molar-refractivity contribution in [2.24, 2.45) is 4.99 Å². The first-order valence-corrected chi connectivity index (χ1v) is 8.15. The summed E-state index contributed by atoms with van der Waals surface area (Å²) in [6.45, 7) is 5.35. The molecule has 0 aliphatic rings. The fourth-order valence-corrected chi connectivity index (χ4v) is 2.37. The third-order valence-corrected chi connectivity index (χ3v) is 3.64. The smallest absolute Gasteiger partial charge is 0.192 e. The average Bonchev–Trinajstić information content (AvgIpc) is 3.33. The van der Waals surface area contributed by atoms with Crippen molar-refractivity contribution < 1.29 is 4.52 Å². The Morgan fingerprint density at radius 2 is 2.28 bits per heavy atom. The van der Waals surface area contributed by atoms with Gasteiger partial charge in [0, 0.05) is 12.6 Å². The maximum absolute atomic E-state index is 4.83. The standard InChI is InChI=1S/C17H21N7O/c1-3-19-17(20-10-15-7-8-25-23-15)22-13(2)14-5-4-6-16(9-14)24-12-18-11-21-24/h4-9,11-13H,3,10H2,1-2H3,(H2,19,20,22)/t13-/m0/s1. The highest BCUT2D eigenvalue weighted by atomic mass is 16.5. The van der Waals surface area contributed by atoms with E-state index in [1.807, 2.05) is 19.1 Å². The summed E-state index contributed by atoms with van der Waals surface area (Å²) in [5, 5.41) is 14.7. The largest absolute Gasteiger partial charge is 0.364 e. The predicted molar refractivity (Wildman–Crippen MR) is 94.2 cm³/mol. The Hall–Kier alpha value is -3.16. The Labute approximate surface area is 146 Å². The monoisotopic (exact) mass is 339 g/mol. The van der Waals surface area contributed by atoms with Gasteiger partial charge in [0.15, 0.2) is 5.96 Å². The number of aromatic nitrogens is 4. The second-order valence-corrected chi connectivity index (χ2v) is 5.49. The van der Waals surface area contributed by atoms with Gasteiger partial charge in [-0.05, 0) is 31.5 Å². The van der Waals surface area contributed by atoms with Crippen molar-refractivity contribution in [2.75, 3.05) is 6.54 Å². The molecule has 2 N–H and O–H groups in total. The van der Waals surface area contributed by atoms with E-state index in [2.05, 4.69) is 49.9 Å². The van der Waals surface area contributed by atoms with E-state index >= 15 is 0 Å². The molecule has 0 saturated carbocycles. The van der Waals surface area contributed by atoms with E-state index < -0.39 is 0 Å². The van der Waals surface area contributed by atoms with Crippen LogP contribution in [0.2, 0.25) is 0 Å². The summed E-state index contributed by atoms with van der Waals surface area (Å²) in [6, 6.07) is 10.0. The fraction of sp³-hybridized carbons (Fsp3) is 0.294. The molecule has 3 aromatic rings. The zero-order valence-electron chi connectivity index (χ0n) is 14.3. The van der Waals surface area contributed by atoms with Crippen molar-refractivity contribution >= 4 is 5.96 Å². The minimum Gasteiger partial charge on any atom is -0.364 e. The van der Waals surface area contributed by atoms with Crippen LogP contribution in [0.25, 0.3) is 5.69 Å². The molecule has 0 spiro atoms. The van der Waals surface area contributed by atoms with E-state index in [0.717, 1.165) is 29.4 Å². The molecule has 0 aliphatic heterocycles. The minimum absolute atomic E-state index is 0.0681. The van der Waals surface area contributed by atoms with Gasteiger partial charge < -0.3 is 15.2 Å². The quantitative estimate of drug-likeness (QED) is 0.527. The van der Waals surface area contributed by atoms with Crippen LogP contribution in [-0.4, -0.2) is 32.4 Å². The van der Waals surface area contributed by atoms with Gasteiger partial charge in [0.1, 0.15) is 24.6 Å². The summed E-state index contributed by atoms with van der Waals surface area (Å²) in [6.07, 6.45) is 4.75. The van der Waals surface area contributed by atoms with Crippen molar-refractivity contribution in [3.8, 4) is 5.69 Å². The second-order valence-electron chi connectivity index (χ2n) is 5.49. The van der Waals surface area contributed by atoms with Crippen LogP contribution >= 0.6 is 0 Å². The normalized spacial score (nSPS) is 12.8. The first kappa shape index (κ1) is 16.7. The second kappa shape index (κ2) is 8.09. The summed E-state index contributed by atoms with van der Waals surface area (Å²) >= 11 is 0. The van der Waals surface area contributed by atoms with E-state index in [1.54, 1.807) is 23.3 Å². The molecule has 1 atom stereocenters. The topological polar surface area (TPSA) is 93.2 Å². The molecule has 0 fully saturated rings. The molecule has 8 heteroatoms. The Morgan fingerprint density at radius 3 is 3.00 bits per heavy atom. The van der Waals surface area contributed by atoms with Crippen LogP contribution < -0.4 is 10.6 Å². The summed E-state index contributed by atoms with van der Waals surface area (Å²) in [5.41, 5.74) is 2.88. The van der Waals surface area contributed by atoms with Gasteiger partial charge in [0.2, 0.25) is 0 Å². The molecular formula is C17H21N7O. The molecule has 0 saturated heterocycles. The lowest BCUT2D eigenvalue weighted by molar-refractivity contribution is 0.412. The summed E-state index contributed by atoms with van der Waals surface area (Å²) in [4.78, 5) is 8.53. The third-order valence-electron chi connectivity index (χ3n) is 3.64. The van der Waals surface area contributed by atoms with Gasteiger partial charge in [0.25, 0.3) is 0 Å². The zero-order chi connectivity index (χ0) is 17.5. The number of benzene rings is 1. The molecule has 0 unspecified atom stereocenters. The summed E-state index contributed by atoms with van der Waals surface area (Å²) in [7, 11) is 0. The first-order valence-electron chi connectivity index (χ1n) is 8.15. The van der Waals surface area contributed by atoms with Gasteiger partial charge >= 0.3 is 0 Å². The SMILES string of the molecule is CCNC(=NCc1ccon1)N[C@@H](C)c1cccc(-n2cncn2)c1. The number of rotatable bonds is 6. The fourth-order valence-electron chi connectivity index (χ4n) is 2.37. The maximum atomic E-state index is 4.83. The number of hydrogen-bond acceptors (Lipinski definition) is 5. The van der Waals surface area contributed by atoms with E-state index in [-0.39, 0.29) is 6.04 Å². The number of guanidine groups is 1. The highest BCUT2D eigenvalue weighted by Gasteiger charge is 2.09. The Bertz CT molecular complexity index is 796. The maximum Gasteiger partial charge on any atom is 0.192 e. The number of aliphatic imine (C=N–C) groups is 1. The van der Waals surface area contributed by atoms with Gasteiger partial charge in [-0.1, -0.05) is 17.3 Å². The van der Waals surface area contributed by atoms with Crippen molar-refractivity contribution in [3.63, 3.8) is 0 Å². The molecule has 0 bridgehead atoms. The molecule has 0 radical (unpaired) electrons. The molecule has 25 heavy (non-hydrogen) atoms. The van der Waals surface area contributed by atoms with Gasteiger partial charge in [-0.3, -0.25) is 0 Å². The van der Waals surface area contributed by atoms with Crippen LogP contribution in [0, 0.1) is 0 Å². The number of hydrogen-bond donors (Lipinski definition) is 2. The van der Waals surface area contributed by atoms with Gasteiger partial charge in [-0.15, -0.1) is 0 Å². The van der Waals surface area contributed by atoms with Crippen molar-refractivity contribution in [1.82, 2.24) is 30.6 Å². The van der Waals surface area contributed by atoms with Crippen molar-refractivity contribution in [1.29, 1.82) is 0 Å². The zero-order valence-corrected chi connectivity index (χ0v) is 14.3. The molecule has 130 valence electrons. The minimum atomic E-state index is 0.0681. The van der Waals surface area contributed by atoms with Crippen molar-refractivity contribution in [3.05, 3.63) is 60.5 Å². The van der Waals surface area contributed by atoms with Crippen molar-refractivity contribution in [2.45, 2.75) is 26.4 Å². The Kier molecular flexibility index (Phi) is 5.40. The Balaban J connectivity index is 1.71. The average molecular weight is 339 g/mol. The van der Waals surface area contributed by atoms with E-state index in [4.69, 9.17) is 4.52 Å². The van der Waals surface area contributed by atoms with Gasteiger partial charge in [-0.2, -0.15) is 5.10 Å². The van der Waals surface area contributed by atoms with Gasteiger partial charge in [0.05, 0.1) is 18.3 Å². The highest BCUT2D eigenvalue weighted by molar-refractivity contribution is 5.80. The van der Waals surface area contributed by atoms with E-state index in [1.165, 1.54) is 6.33 Å². The lowest BCUT2D eigenvalue weighted by atomic mass is 10.1. The molecular weight excluding hydrogens is 318 g/mol. The molecule has 8 nitrogen and oxygen atoms in total. The summed E-state index contributed by atoms with van der Waals surface area (Å²) in [5.74, 6) is 0.726. The van der Waals surface area contributed by atoms with Crippen LogP contribution in [0.15, 0.2) is 58.8 Å². The summed E-state index contributed by atoms with van der Waals surface area (Å²) < 4.78 is 6.57. The van der Waals surface area contributed by atoms with E-state index in [0.29, 0.717) is 6.54 Å². The lowest BCUT2D eigenvalue weighted by Crippen LogP contribution is -2.38. The van der Waals surface area contributed by atoms with E-state index in [9.17, 15) is 0 Å². The molecule has 3 rings (SSSR count).